The predicted octanol–water partition coefficient (Wildman–Crippen LogP) is 5.45. The number of phenolic OH excluding ortho intramolecular Hbond substituents is 1. The van der Waals surface area contributed by atoms with E-state index in [1.807, 2.05) is 25.1 Å². The zero-order valence-corrected chi connectivity index (χ0v) is 43.1. The molecule has 2 saturated heterocycles. The van der Waals surface area contributed by atoms with Gasteiger partial charge in [-0.1, -0.05) is 38.8 Å². The lowest BCUT2D eigenvalue weighted by molar-refractivity contribution is -0.155. The summed E-state index contributed by atoms with van der Waals surface area (Å²) in [6, 6.07) is 12.1. The summed E-state index contributed by atoms with van der Waals surface area (Å²) in [4.78, 5) is 79.2. The van der Waals surface area contributed by atoms with Gasteiger partial charge in [0, 0.05) is 75.9 Å². The molecule has 4 fully saturated rings. The van der Waals surface area contributed by atoms with Crippen molar-refractivity contribution in [3.8, 4) is 28.1 Å². The van der Waals surface area contributed by atoms with Crippen molar-refractivity contribution in [1.29, 1.82) is 0 Å². The number of amides is 4. The lowest BCUT2D eigenvalue weighted by Gasteiger charge is -2.37. The molecule has 2 saturated carbocycles. The molecule has 0 radical (unpaired) electrons. The van der Waals surface area contributed by atoms with Crippen LogP contribution in [0.3, 0.4) is 0 Å². The fourth-order valence-corrected chi connectivity index (χ4v) is 11.7. The number of carbonyl (C=O) groups is 5. The average Bonchev–Trinajstić information content (AvgIpc) is 4.28. The number of benzene rings is 2. The highest BCUT2D eigenvalue weighted by Gasteiger charge is 2.63. The van der Waals surface area contributed by atoms with E-state index in [0.29, 0.717) is 44.2 Å². The summed E-state index contributed by atoms with van der Waals surface area (Å²) >= 11 is 0. The molecule has 5 heterocycles. The second kappa shape index (κ2) is 20.6. The highest BCUT2D eigenvalue weighted by atomic mass is 16.5. The number of fused-ring (bicyclic) bond motifs is 6. The first-order valence-electron chi connectivity index (χ1n) is 25.8. The molecule has 4 amide bonds. The lowest BCUT2D eigenvalue weighted by atomic mass is 9.84. The number of rotatable bonds is 13. The molecule has 6 atom stereocenters. The number of methoxy groups -OCH3 is 2. The number of hydrogen-bond donors (Lipinski definition) is 4. The zero-order chi connectivity index (χ0) is 51.2. The maximum Gasteiger partial charge on any atom is 0.324 e. The molecule has 386 valence electrons. The minimum Gasteiger partial charge on any atom is -0.508 e. The topological polar surface area (TPSA) is 207 Å². The molecular weight excluding hydrogens is 917 g/mol. The maximum absolute atomic E-state index is 14.9. The van der Waals surface area contributed by atoms with E-state index in [-0.39, 0.29) is 61.4 Å². The molecule has 0 unspecified atom stereocenters. The number of nitrogens with zero attached hydrogens (tertiary/aromatic N) is 5. The largest absolute Gasteiger partial charge is 0.508 e. The van der Waals surface area contributed by atoms with Gasteiger partial charge in [0.25, 0.3) is 5.91 Å². The number of esters is 1. The standard InChI is InChI=1S/C55H72N8O9/c1-9-62-43-19-18-35-28-39(43)40(48(62)38-16-12-22-56-45(38)32(2)70-7)29-54(3,4)31-72-53(69)41-17-13-23-63(59-41)51(67)42(26-33-24-36(35)27-37(64)25-33)57-50(66)47(34-14-10-11-15-34)61(6)44(65)30-60(5)52(68)46-49(58-46)55(71-8)20-21-55/h12,16,18-19,22,24-25,27-28,32,34,41-42,46-47,49,58-59,64H,9-11,13-15,17,20-21,23,26,29-31H2,1-8H3,(H,57,66)/t32-,41-,42-,46-,47-,49+/m0/s1. The molecular formula is C55H72N8O9. The first-order valence-corrected chi connectivity index (χ1v) is 25.8. The molecule has 2 aliphatic carbocycles. The molecule has 4 N–H and O–H groups in total. The molecule has 2 aromatic heterocycles. The van der Waals surface area contributed by atoms with Crippen LogP contribution in [-0.4, -0.2) is 143 Å². The van der Waals surface area contributed by atoms with Gasteiger partial charge < -0.3 is 39.0 Å². The lowest BCUT2D eigenvalue weighted by Crippen LogP contribution is -2.62. The van der Waals surface area contributed by atoms with Crippen molar-refractivity contribution in [3.63, 3.8) is 0 Å². The van der Waals surface area contributed by atoms with Crippen LogP contribution in [0.4, 0.5) is 0 Å². The number of aromatic nitrogens is 2. The van der Waals surface area contributed by atoms with E-state index in [1.54, 1.807) is 46.6 Å². The Morgan fingerprint density at radius 1 is 1.01 bits per heavy atom. The number of hydrazine groups is 1. The molecule has 5 aliphatic rings. The number of phenols is 1. The molecule has 17 nitrogen and oxygen atoms in total. The number of aryl methyl sites for hydroxylation is 1. The van der Waals surface area contributed by atoms with Gasteiger partial charge in [0.2, 0.25) is 17.7 Å². The SMILES string of the molecule is CCn1c(-c2cccnc2[C@H](C)OC)c2c3cc(ccc31)-c1cc(O)cc(c1)C[C@H](NC(=O)[C@H](C1CCCC1)N(C)C(=O)CN(C)C(=O)[C@H]1N[C@H]1C1(OC)CC1)C(=O)N1CCC[C@H](N1)C(=O)OCC(C)(C)C2. The summed E-state index contributed by atoms with van der Waals surface area (Å²) in [7, 11) is 6.52. The average molecular weight is 989 g/mol. The summed E-state index contributed by atoms with van der Waals surface area (Å²) in [5.74, 6) is -2.24. The molecule has 17 heteroatoms. The highest BCUT2D eigenvalue weighted by Crippen LogP contribution is 2.48. The van der Waals surface area contributed by atoms with Gasteiger partial charge in [0.1, 0.15) is 29.9 Å². The quantitative estimate of drug-likeness (QED) is 0.0976. The highest BCUT2D eigenvalue weighted by molar-refractivity contribution is 5.96. The van der Waals surface area contributed by atoms with Crippen LogP contribution in [-0.2, 0) is 57.6 Å². The summed E-state index contributed by atoms with van der Waals surface area (Å²) in [5.41, 5.74) is 9.24. The number of nitrogens with one attached hydrogen (secondary N) is 3. The van der Waals surface area contributed by atoms with E-state index in [1.165, 1.54) is 14.8 Å². The van der Waals surface area contributed by atoms with Crippen molar-refractivity contribution in [2.75, 3.05) is 48.0 Å². The van der Waals surface area contributed by atoms with Crippen LogP contribution in [0.1, 0.15) is 102 Å². The van der Waals surface area contributed by atoms with Gasteiger partial charge in [-0.25, -0.2) is 5.43 Å². The van der Waals surface area contributed by atoms with E-state index >= 15 is 0 Å². The maximum atomic E-state index is 14.9. The third kappa shape index (κ3) is 10.2. The number of aromatic hydroxyl groups is 1. The third-order valence-corrected chi connectivity index (χ3v) is 15.9. The molecule has 6 bridgehead atoms. The van der Waals surface area contributed by atoms with Gasteiger partial charge >= 0.3 is 5.97 Å². The number of cyclic esters (lactones) is 1. The van der Waals surface area contributed by atoms with Crippen molar-refractivity contribution in [2.45, 2.75) is 140 Å². The van der Waals surface area contributed by atoms with Crippen molar-refractivity contribution in [1.82, 2.24) is 40.4 Å². The minimum atomic E-state index is -1.17. The molecule has 2 aromatic carbocycles. The van der Waals surface area contributed by atoms with Gasteiger partial charge in [0.15, 0.2) is 0 Å². The van der Waals surface area contributed by atoms with Crippen molar-refractivity contribution < 1.29 is 43.3 Å². The second-order valence-electron chi connectivity index (χ2n) is 21.6. The van der Waals surface area contributed by atoms with E-state index in [4.69, 9.17) is 19.2 Å². The van der Waals surface area contributed by atoms with Gasteiger partial charge in [-0.2, -0.15) is 0 Å². The first kappa shape index (κ1) is 51.0. The molecule has 3 aliphatic heterocycles. The van der Waals surface area contributed by atoms with Gasteiger partial charge in [-0.15, -0.1) is 0 Å². The number of hydrogen-bond acceptors (Lipinski definition) is 12. The number of likely N-dealkylation sites (N-methyl/N-ethyl adjacent to an activating group) is 2. The van der Waals surface area contributed by atoms with Crippen LogP contribution in [0.15, 0.2) is 54.7 Å². The Balaban J connectivity index is 1.07. The molecule has 4 aromatic rings. The minimum absolute atomic E-state index is 0.00905. The summed E-state index contributed by atoms with van der Waals surface area (Å²) in [6.07, 6.45) is 7.92. The van der Waals surface area contributed by atoms with Crippen LogP contribution in [0.25, 0.3) is 33.3 Å². The Hall–Kier alpha value is -5.88. The van der Waals surface area contributed by atoms with Crippen LogP contribution in [0.2, 0.25) is 0 Å². The number of ether oxygens (including phenoxy) is 3. The third-order valence-electron chi connectivity index (χ3n) is 15.9. The molecule has 0 spiro atoms. The van der Waals surface area contributed by atoms with Crippen LogP contribution in [0.5, 0.6) is 5.75 Å². The van der Waals surface area contributed by atoms with E-state index < -0.39 is 53.3 Å². The second-order valence-corrected chi connectivity index (χ2v) is 21.6. The Kier molecular flexibility index (Phi) is 14.6. The number of pyridine rings is 1. The van der Waals surface area contributed by atoms with Crippen molar-refractivity contribution >= 4 is 40.5 Å². The smallest absolute Gasteiger partial charge is 0.324 e. The van der Waals surface area contributed by atoms with E-state index in [9.17, 15) is 29.1 Å². The number of carbonyl (C=O) groups excluding carboxylic acids is 5. The summed E-state index contributed by atoms with van der Waals surface area (Å²) in [5, 5.41) is 20.2. The fourth-order valence-electron chi connectivity index (χ4n) is 11.7. The Morgan fingerprint density at radius 2 is 1.78 bits per heavy atom. The normalized spacial score (nSPS) is 23.7. The fraction of sp³-hybridized carbons (Fsp3) is 0.564. The first-order chi connectivity index (χ1) is 34.5. The van der Waals surface area contributed by atoms with E-state index in [2.05, 4.69) is 59.6 Å². The Bertz CT molecular complexity index is 2730. The molecule has 9 rings (SSSR count). The van der Waals surface area contributed by atoms with Crippen LogP contribution < -0.4 is 16.1 Å². The zero-order valence-electron chi connectivity index (χ0n) is 43.1. The van der Waals surface area contributed by atoms with E-state index in [0.717, 1.165) is 70.2 Å². The summed E-state index contributed by atoms with van der Waals surface area (Å²) < 4.78 is 20.0. The van der Waals surface area contributed by atoms with Gasteiger partial charge in [-0.05, 0) is 123 Å². The Morgan fingerprint density at radius 3 is 2.49 bits per heavy atom. The van der Waals surface area contributed by atoms with Crippen molar-refractivity contribution in [3.05, 3.63) is 71.5 Å². The van der Waals surface area contributed by atoms with Gasteiger partial charge in [-0.3, -0.25) is 39.3 Å². The van der Waals surface area contributed by atoms with Gasteiger partial charge in [0.05, 0.1) is 42.3 Å². The van der Waals surface area contributed by atoms with Crippen LogP contribution >= 0.6 is 0 Å². The predicted molar refractivity (Wildman–Crippen MR) is 271 cm³/mol. The van der Waals surface area contributed by atoms with Crippen LogP contribution in [0, 0.1) is 11.3 Å². The van der Waals surface area contributed by atoms with Crippen molar-refractivity contribution in [2.24, 2.45) is 11.3 Å². The monoisotopic (exact) mass is 989 g/mol. The molecule has 72 heavy (non-hydrogen) atoms. The summed E-state index contributed by atoms with van der Waals surface area (Å²) in [6.45, 7) is 9.07. The Labute approximate surface area is 422 Å².